The first-order chi connectivity index (χ1) is 8.11. The minimum Gasteiger partial charge on any atom is -0.296 e. The molecule has 1 fully saturated rings. The first-order valence-corrected chi connectivity index (χ1v) is 6.16. The van der Waals surface area contributed by atoms with Gasteiger partial charge in [0.1, 0.15) is 5.02 Å². The second-order valence-electron chi connectivity index (χ2n) is 4.34. The highest BCUT2D eigenvalue weighted by Crippen LogP contribution is 2.30. The van der Waals surface area contributed by atoms with E-state index in [9.17, 15) is 10.1 Å². The average Bonchev–Trinajstić information content (AvgIpc) is 3.11. The fraction of sp³-hybridized carbons (Fsp3) is 0.500. The molecule has 1 aromatic rings. The van der Waals surface area contributed by atoms with Crippen molar-refractivity contribution in [1.82, 2.24) is 4.90 Å². The maximum Gasteiger partial charge on any atom is 0.288 e. The molecule has 92 valence electrons. The van der Waals surface area contributed by atoms with Crippen molar-refractivity contribution in [2.45, 2.75) is 32.4 Å². The van der Waals surface area contributed by atoms with Crippen LogP contribution in [0.3, 0.4) is 0 Å². The SMILES string of the molecule is CCN(Cc1ccc(Cl)c([N+](=O)[O-])c1)C1CC1. The van der Waals surface area contributed by atoms with Crippen LogP contribution in [0.5, 0.6) is 0 Å². The summed E-state index contributed by atoms with van der Waals surface area (Å²) in [7, 11) is 0. The van der Waals surface area contributed by atoms with Crippen LogP contribution < -0.4 is 0 Å². The zero-order valence-corrected chi connectivity index (χ0v) is 10.5. The highest BCUT2D eigenvalue weighted by atomic mass is 35.5. The van der Waals surface area contributed by atoms with Gasteiger partial charge in [0.2, 0.25) is 0 Å². The molecule has 1 aromatic carbocycles. The summed E-state index contributed by atoms with van der Waals surface area (Å²) in [5, 5.41) is 11.0. The monoisotopic (exact) mass is 254 g/mol. The second-order valence-corrected chi connectivity index (χ2v) is 4.74. The Balaban J connectivity index is 2.15. The first-order valence-electron chi connectivity index (χ1n) is 5.78. The Morgan fingerprint density at radius 3 is 2.76 bits per heavy atom. The molecule has 0 atom stereocenters. The molecule has 4 nitrogen and oxygen atoms in total. The van der Waals surface area contributed by atoms with Crippen molar-refractivity contribution in [2.75, 3.05) is 6.54 Å². The molecule has 0 spiro atoms. The van der Waals surface area contributed by atoms with Crippen LogP contribution in [0.2, 0.25) is 5.02 Å². The lowest BCUT2D eigenvalue weighted by Crippen LogP contribution is -2.24. The second kappa shape index (κ2) is 5.02. The third-order valence-electron chi connectivity index (χ3n) is 3.06. The van der Waals surface area contributed by atoms with E-state index in [0.717, 1.165) is 18.7 Å². The minimum absolute atomic E-state index is 0.00369. The number of rotatable bonds is 5. The fourth-order valence-electron chi connectivity index (χ4n) is 1.97. The van der Waals surface area contributed by atoms with Crippen molar-refractivity contribution in [3.63, 3.8) is 0 Å². The number of halogens is 1. The van der Waals surface area contributed by atoms with Crippen molar-refractivity contribution in [3.05, 3.63) is 38.9 Å². The number of nitro groups is 1. The Morgan fingerprint density at radius 2 is 2.24 bits per heavy atom. The molecule has 0 aromatic heterocycles. The van der Waals surface area contributed by atoms with Crippen LogP contribution in [0.25, 0.3) is 0 Å². The van der Waals surface area contributed by atoms with Gasteiger partial charge < -0.3 is 0 Å². The molecule has 1 aliphatic rings. The summed E-state index contributed by atoms with van der Waals surface area (Å²) in [6.45, 7) is 3.85. The molecule has 0 heterocycles. The van der Waals surface area contributed by atoms with Gasteiger partial charge in [-0.05, 0) is 31.0 Å². The zero-order chi connectivity index (χ0) is 12.4. The third-order valence-corrected chi connectivity index (χ3v) is 3.38. The van der Waals surface area contributed by atoms with E-state index in [2.05, 4.69) is 11.8 Å². The average molecular weight is 255 g/mol. The number of hydrogen-bond donors (Lipinski definition) is 0. The topological polar surface area (TPSA) is 46.4 Å². The van der Waals surface area contributed by atoms with E-state index in [1.165, 1.54) is 12.8 Å². The van der Waals surface area contributed by atoms with E-state index in [-0.39, 0.29) is 10.7 Å². The summed E-state index contributed by atoms with van der Waals surface area (Å²) in [6.07, 6.45) is 2.48. The normalized spacial score (nSPS) is 15.2. The highest BCUT2D eigenvalue weighted by molar-refractivity contribution is 6.32. The van der Waals surface area contributed by atoms with Gasteiger partial charge in [0, 0.05) is 18.7 Å². The first kappa shape index (κ1) is 12.3. The molecule has 0 saturated heterocycles. The van der Waals surface area contributed by atoms with Crippen LogP contribution >= 0.6 is 11.6 Å². The van der Waals surface area contributed by atoms with Crippen molar-refractivity contribution >= 4 is 17.3 Å². The van der Waals surface area contributed by atoms with Gasteiger partial charge in [-0.25, -0.2) is 0 Å². The van der Waals surface area contributed by atoms with E-state index >= 15 is 0 Å². The molecule has 17 heavy (non-hydrogen) atoms. The molecule has 0 radical (unpaired) electrons. The molecular formula is C12H15ClN2O2. The van der Waals surface area contributed by atoms with Crippen molar-refractivity contribution < 1.29 is 4.92 Å². The summed E-state index contributed by atoms with van der Waals surface area (Å²) in [6, 6.07) is 5.71. The molecule has 0 bridgehead atoms. The van der Waals surface area contributed by atoms with E-state index < -0.39 is 4.92 Å². The molecule has 0 N–H and O–H groups in total. The fourth-order valence-corrected chi connectivity index (χ4v) is 2.16. The minimum atomic E-state index is -0.431. The largest absolute Gasteiger partial charge is 0.296 e. The van der Waals surface area contributed by atoms with Crippen LogP contribution in [-0.2, 0) is 6.54 Å². The Morgan fingerprint density at radius 1 is 1.53 bits per heavy atom. The van der Waals surface area contributed by atoms with Gasteiger partial charge in [-0.1, -0.05) is 24.6 Å². The van der Waals surface area contributed by atoms with Gasteiger partial charge in [-0.3, -0.25) is 15.0 Å². The highest BCUT2D eigenvalue weighted by Gasteiger charge is 2.28. The quantitative estimate of drug-likeness (QED) is 0.599. The van der Waals surface area contributed by atoms with E-state index in [0.29, 0.717) is 6.04 Å². The molecule has 0 amide bonds. The zero-order valence-electron chi connectivity index (χ0n) is 9.73. The van der Waals surface area contributed by atoms with E-state index in [1.54, 1.807) is 12.1 Å². The Bertz CT molecular complexity index is 433. The third kappa shape index (κ3) is 2.96. The summed E-state index contributed by atoms with van der Waals surface area (Å²) >= 11 is 5.78. The summed E-state index contributed by atoms with van der Waals surface area (Å²) < 4.78 is 0. The Hall–Kier alpha value is -1.13. The molecule has 0 aliphatic heterocycles. The van der Waals surface area contributed by atoms with Gasteiger partial charge in [-0.2, -0.15) is 0 Å². The van der Waals surface area contributed by atoms with Gasteiger partial charge in [0.05, 0.1) is 4.92 Å². The summed E-state index contributed by atoms with van der Waals surface area (Å²) in [4.78, 5) is 12.7. The Labute approximate surface area is 105 Å². The molecule has 1 aliphatic carbocycles. The van der Waals surface area contributed by atoms with Crippen molar-refractivity contribution in [1.29, 1.82) is 0 Å². The van der Waals surface area contributed by atoms with Crippen LogP contribution in [0.1, 0.15) is 25.3 Å². The van der Waals surface area contributed by atoms with Crippen molar-refractivity contribution in [3.8, 4) is 0 Å². The van der Waals surface area contributed by atoms with Crippen LogP contribution in [-0.4, -0.2) is 22.4 Å². The van der Waals surface area contributed by atoms with Crippen molar-refractivity contribution in [2.24, 2.45) is 0 Å². The van der Waals surface area contributed by atoms with E-state index in [1.807, 2.05) is 6.07 Å². The summed E-state index contributed by atoms with van der Waals surface area (Å²) in [5.74, 6) is 0. The molecule has 5 heteroatoms. The maximum atomic E-state index is 10.8. The van der Waals surface area contributed by atoms with Gasteiger partial charge in [0.25, 0.3) is 5.69 Å². The number of nitro benzene ring substituents is 1. The van der Waals surface area contributed by atoms with E-state index in [4.69, 9.17) is 11.6 Å². The van der Waals surface area contributed by atoms with Gasteiger partial charge >= 0.3 is 0 Å². The molecule has 2 rings (SSSR count). The predicted octanol–water partition coefficient (Wildman–Crippen LogP) is 3.23. The van der Waals surface area contributed by atoms with Crippen LogP contribution in [0, 0.1) is 10.1 Å². The maximum absolute atomic E-state index is 10.8. The molecular weight excluding hydrogens is 240 g/mol. The smallest absolute Gasteiger partial charge is 0.288 e. The lowest BCUT2D eigenvalue weighted by Gasteiger charge is -2.19. The number of benzene rings is 1. The lowest BCUT2D eigenvalue weighted by molar-refractivity contribution is -0.384. The standard InChI is InChI=1S/C12H15ClN2O2/c1-2-14(10-4-5-10)8-9-3-6-11(13)12(7-9)15(16)17/h3,6-7,10H,2,4-5,8H2,1H3. The van der Waals surface area contributed by atoms with Crippen LogP contribution in [0.15, 0.2) is 18.2 Å². The van der Waals surface area contributed by atoms with Gasteiger partial charge in [-0.15, -0.1) is 0 Å². The lowest BCUT2D eigenvalue weighted by atomic mass is 10.2. The number of nitrogens with zero attached hydrogens (tertiary/aromatic N) is 2. The molecule has 1 saturated carbocycles. The van der Waals surface area contributed by atoms with Gasteiger partial charge in [0.15, 0.2) is 0 Å². The summed E-state index contributed by atoms with van der Waals surface area (Å²) in [5.41, 5.74) is 0.950. The Kier molecular flexibility index (Phi) is 3.64. The number of hydrogen-bond acceptors (Lipinski definition) is 3. The predicted molar refractivity (Wildman–Crippen MR) is 67.2 cm³/mol. The van der Waals surface area contributed by atoms with Crippen LogP contribution in [0.4, 0.5) is 5.69 Å². The molecule has 0 unspecified atom stereocenters.